The van der Waals surface area contributed by atoms with Crippen molar-refractivity contribution in [2.24, 2.45) is 0 Å². The second-order valence-corrected chi connectivity index (χ2v) is 6.86. The van der Waals surface area contributed by atoms with Crippen molar-refractivity contribution in [1.29, 1.82) is 0 Å². The molecule has 1 amide bonds. The van der Waals surface area contributed by atoms with Gasteiger partial charge in [0.2, 0.25) is 0 Å². The molecule has 1 aromatic heterocycles. The summed E-state index contributed by atoms with van der Waals surface area (Å²) in [6.45, 7) is 4.95. The largest absolute Gasteiger partial charge is 0.348 e. The fourth-order valence-electron chi connectivity index (χ4n) is 3.21. The quantitative estimate of drug-likeness (QED) is 0.908. The lowest BCUT2D eigenvalue weighted by atomic mass is 10.1. The Kier molecular flexibility index (Phi) is 4.54. The third kappa shape index (κ3) is 2.92. The van der Waals surface area contributed by atoms with E-state index in [9.17, 15) is 4.79 Å². The molecule has 1 aliphatic heterocycles. The van der Waals surface area contributed by atoms with E-state index in [4.69, 9.17) is 0 Å². The number of fused-ring (bicyclic) bond motifs is 1. The van der Waals surface area contributed by atoms with Crippen LogP contribution in [0.5, 0.6) is 0 Å². The minimum absolute atomic E-state index is 0.0412. The lowest BCUT2D eigenvalue weighted by Gasteiger charge is -2.29. The van der Waals surface area contributed by atoms with E-state index in [2.05, 4.69) is 50.8 Å². The Hall–Kier alpha value is -1.33. The molecule has 0 aliphatic carbocycles. The molecule has 0 atom stereocenters. The summed E-state index contributed by atoms with van der Waals surface area (Å²) in [4.78, 5) is 15.0. The first-order valence-electron chi connectivity index (χ1n) is 7.87. The Morgan fingerprint density at radius 1 is 1.36 bits per heavy atom. The van der Waals surface area contributed by atoms with E-state index < -0.39 is 0 Å². The fraction of sp³-hybridized carbons (Fsp3) is 0.471. The van der Waals surface area contributed by atoms with Gasteiger partial charge < -0.3 is 14.8 Å². The smallest absolute Gasteiger partial charge is 0.268 e. The number of piperidine rings is 1. The summed E-state index contributed by atoms with van der Waals surface area (Å²) >= 11 is 3.60. The number of para-hydroxylation sites is 1. The standard InChI is InChI=1S/C17H22BrN3O/c1-3-21-15(11-12-5-4-6-14(18)16(12)21)17(22)19-13-7-9-20(2)10-8-13/h4-6,11,13H,3,7-10H2,1-2H3,(H,19,22). The first-order chi connectivity index (χ1) is 10.6. The summed E-state index contributed by atoms with van der Waals surface area (Å²) in [7, 11) is 2.13. The number of likely N-dealkylation sites (tertiary alicyclic amines) is 1. The van der Waals surface area contributed by atoms with Crippen molar-refractivity contribution >= 4 is 32.7 Å². The van der Waals surface area contributed by atoms with Crippen LogP contribution in [-0.2, 0) is 6.54 Å². The number of nitrogens with zero attached hydrogens (tertiary/aromatic N) is 2. The highest BCUT2D eigenvalue weighted by atomic mass is 79.9. The second-order valence-electron chi connectivity index (χ2n) is 6.00. The van der Waals surface area contributed by atoms with Crippen LogP contribution in [0.2, 0.25) is 0 Å². The van der Waals surface area contributed by atoms with Crippen LogP contribution in [0, 0.1) is 0 Å². The third-order valence-electron chi connectivity index (χ3n) is 4.47. The molecule has 1 fully saturated rings. The fourth-order valence-corrected chi connectivity index (χ4v) is 3.80. The maximum absolute atomic E-state index is 12.7. The molecule has 2 heterocycles. The number of aryl methyl sites for hydroxylation is 1. The molecule has 0 radical (unpaired) electrons. The van der Waals surface area contributed by atoms with Gasteiger partial charge in [0, 0.05) is 22.4 Å². The van der Waals surface area contributed by atoms with E-state index >= 15 is 0 Å². The highest BCUT2D eigenvalue weighted by Crippen LogP contribution is 2.27. The molecule has 1 saturated heterocycles. The predicted molar refractivity (Wildman–Crippen MR) is 93.3 cm³/mol. The monoisotopic (exact) mass is 363 g/mol. The van der Waals surface area contributed by atoms with Crippen molar-refractivity contribution in [2.45, 2.75) is 32.4 Å². The molecular formula is C17H22BrN3O. The minimum atomic E-state index is 0.0412. The van der Waals surface area contributed by atoms with Crippen LogP contribution in [-0.4, -0.2) is 41.6 Å². The van der Waals surface area contributed by atoms with Crippen LogP contribution in [0.25, 0.3) is 10.9 Å². The van der Waals surface area contributed by atoms with Crippen LogP contribution in [0.4, 0.5) is 0 Å². The van der Waals surface area contributed by atoms with Crippen molar-refractivity contribution in [3.63, 3.8) is 0 Å². The van der Waals surface area contributed by atoms with Gasteiger partial charge in [-0.05, 0) is 68.0 Å². The van der Waals surface area contributed by atoms with Gasteiger partial charge in [0.15, 0.2) is 0 Å². The van der Waals surface area contributed by atoms with E-state index in [0.29, 0.717) is 0 Å². The molecule has 2 aromatic rings. The lowest BCUT2D eigenvalue weighted by molar-refractivity contribution is 0.0908. The topological polar surface area (TPSA) is 37.3 Å². The molecule has 0 unspecified atom stereocenters. The van der Waals surface area contributed by atoms with E-state index in [1.165, 1.54) is 0 Å². The highest BCUT2D eigenvalue weighted by Gasteiger charge is 2.22. The van der Waals surface area contributed by atoms with Crippen molar-refractivity contribution in [2.75, 3.05) is 20.1 Å². The molecule has 0 spiro atoms. The van der Waals surface area contributed by atoms with E-state index in [1.807, 2.05) is 18.2 Å². The lowest BCUT2D eigenvalue weighted by Crippen LogP contribution is -2.43. The van der Waals surface area contributed by atoms with Gasteiger partial charge in [0.1, 0.15) is 5.69 Å². The summed E-state index contributed by atoms with van der Waals surface area (Å²) < 4.78 is 3.12. The zero-order valence-corrected chi connectivity index (χ0v) is 14.7. The zero-order valence-electron chi connectivity index (χ0n) is 13.1. The predicted octanol–water partition coefficient (Wildman–Crippen LogP) is 3.25. The summed E-state index contributed by atoms with van der Waals surface area (Å²) in [5.74, 6) is 0.0412. The first-order valence-corrected chi connectivity index (χ1v) is 8.66. The van der Waals surface area contributed by atoms with Gasteiger partial charge in [0.25, 0.3) is 5.91 Å². The van der Waals surface area contributed by atoms with Crippen molar-refractivity contribution in [3.05, 3.63) is 34.4 Å². The molecule has 118 valence electrons. The maximum atomic E-state index is 12.7. The van der Waals surface area contributed by atoms with E-state index in [-0.39, 0.29) is 11.9 Å². The number of rotatable bonds is 3. The maximum Gasteiger partial charge on any atom is 0.268 e. The Balaban J connectivity index is 1.86. The number of amides is 1. The zero-order chi connectivity index (χ0) is 15.7. The van der Waals surface area contributed by atoms with Crippen molar-refractivity contribution in [3.8, 4) is 0 Å². The van der Waals surface area contributed by atoms with E-state index in [1.54, 1.807) is 0 Å². The number of carbonyl (C=O) groups excluding carboxylic acids is 1. The molecule has 4 nitrogen and oxygen atoms in total. The normalized spacial score (nSPS) is 17.0. The third-order valence-corrected chi connectivity index (χ3v) is 5.11. The molecule has 0 bridgehead atoms. The number of aromatic nitrogens is 1. The molecule has 1 aliphatic rings. The van der Waals surface area contributed by atoms with Gasteiger partial charge in [-0.3, -0.25) is 4.79 Å². The van der Waals surface area contributed by atoms with Crippen LogP contribution in [0.15, 0.2) is 28.7 Å². The number of hydrogen-bond acceptors (Lipinski definition) is 2. The number of carbonyl (C=O) groups is 1. The average Bonchev–Trinajstić information content (AvgIpc) is 2.89. The van der Waals surface area contributed by atoms with Crippen LogP contribution >= 0.6 is 15.9 Å². The Bertz CT molecular complexity index is 687. The Morgan fingerprint density at radius 3 is 2.77 bits per heavy atom. The van der Waals surface area contributed by atoms with Crippen molar-refractivity contribution in [1.82, 2.24) is 14.8 Å². The van der Waals surface area contributed by atoms with E-state index in [0.717, 1.165) is 53.5 Å². The first kappa shape index (κ1) is 15.6. The van der Waals surface area contributed by atoms with Crippen LogP contribution in [0.3, 0.4) is 0 Å². The summed E-state index contributed by atoms with van der Waals surface area (Å²) in [5.41, 5.74) is 1.85. The van der Waals surface area contributed by atoms with Gasteiger partial charge in [-0.1, -0.05) is 12.1 Å². The second kappa shape index (κ2) is 6.42. The minimum Gasteiger partial charge on any atom is -0.348 e. The molecule has 1 aromatic carbocycles. The summed E-state index contributed by atoms with van der Waals surface area (Å²) in [6.07, 6.45) is 2.05. The van der Waals surface area contributed by atoms with Crippen molar-refractivity contribution < 1.29 is 4.79 Å². The Morgan fingerprint density at radius 2 is 2.09 bits per heavy atom. The summed E-state index contributed by atoms with van der Waals surface area (Å²) in [6, 6.07) is 8.36. The average molecular weight is 364 g/mol. The number of halogens is 1. The number of benzene rings is 1. The summed E-state index contributed by atoms with van der Waals surface area (Å²) in [5, 5.41) is 4.31. The highest BCUT2D eigenvalue weighted by molar-refractivity contribution is 9.10. The SMILES string of the molecule is CCn1c(C(=O)NC2CCN(C)CC2)cc2cccc(Br)c21. The number of hydrogen-bond donors (Lipinski definition) is 1. The molecule has 3 rings (SSSR count). The van der Waals surface area contributed by atoms with Gasteiger partial charge in [-0.25, -0.2) is 0 Å². The Labute approximate surface area is 139 Å². The van der Waals surface area contributed by atoms with Gasteiger partial charge in [-0.2, -0.15) is 0 Å². The molecule has 1 N–H and O–H groups in total. The van der Waals surface area contributed by atoms with Gasteiger partial charge in [0.05, 0.1) is 5.52 Å². The number of nitrogens with one attached hydrogen (secondary N) is 1. The van der Waals surface area contributed by atoms with Gasteiger partial charge >= 0.3 is 0 Å². The van der Waals surface area contributed by atoms with Crippen LogP contribution in [0.1, 0.15) is 30.3 Å². The molecule has 0 saturated carbocycles. The van der Waals surface area contributed by atoms with Gasteiger partial charge in [-0.15, -0.1) is 0 Å². The van der Waals surface area contributed by atoms with Crippen LogP contribution < -0.4 is 5.32 Å². The molecular weight excluding hydrogens is 342 g/mol. The molecule has 22 heavy (non-hydrogen) atoms. The molecule has 5 heteroatoms.